The van der Waals surface area contributed by atoms with Crippen LogP contribution in [0.2, 0.25) is 0 Å². The third kappa shape index (κ3) is 4.12. The van der Waals surface area contributed by atoms with E-state index in [2.05, 4.69) is 17.6 Å². The Labute approximate surface area is 128 Å². The standard InChI is InChI=1S/C17H30N2O2/c1-2-14(11-13-5-6-13)18-16(20)19-15-7-10-21-17(12-15)8-3-4-9-17/h13-15H,2-12H2,1H3,(H2,18,19,20)/t14-,15-/m0/s1. The van der Waals surface area contributed by atoms with Crippen LogP contribution in [0, 0.1) is 5.92 Å². The van der Waals surface area contributed by atoms with Crippen molar-refractivity contribution in [3.63, 3.8) is 0 Å². The second kappa shape index (κ2) is 6.55. The number of carbonyl (C=O) groups is 1. The van der Waals surface area contributed by atoms with Crippen molar-refractivity contribution in [2.24, 2.45) is 5.92 Å². The highest BCUT2D eigenvalue weighted by Gasteiger charge is 2.40. The summed E-state index contributed by atoms with van der Waals surface area (Å²) < 4.78 is 6.03. The van der Waals surface area contributed by atoms with Crippen LogP contribution in [0.1, 0.15) is 71.1 Å². The van der Waals surface area contributed by atoms with Gasteiger partial charge in [-0.15, -0.1) is 0 Å². The van der Waals surface area contributed by atoms with Crippen LogP contribution < -0.4 is 10.6 Å². The molecule has 1 saturated heterocycles. The van der Waals surface area contributed by atoms with E-state index in [4.69, 9.17) is 4.74 Å². The maximum absolute atomic E-state index is 12.2. The summed E-state index contributed by atoms with van der Waals surface area (Å²) in [7, 11) is 0. The monoisotopic (exact) mass is 294 g/mol. The minimum atomic E-state index is 0.0301. The van der Waals surface area contributed by atoms with Crippen LogP contribution in [0.3, 0.4) is 0 Å². The fourth-order valence-corrected chi connectivity index (χ4v) is 4.01. The first kappa shape index (κ1) is 15.1. The molecule has 0 radical (unpaired) electrons. The molecule has 2 atom stereocenters. The summed E-state index contributed by atoms with van der Waals surface area (Å²) in [6, 6.07) is 0.663. The van der Waals surface area contributed by atoms with Gasteiger partial charge in [0, 0.05) is 18.7 Å². The van der Waals surface area contributed by atoms with Gasteiger partial charge in [0.1, 0.15) is 0 Å². The molecule has 1 aliphatic heterocycles. The fraction of sp³-hybridized carbons (Fsp3) is 0.941. The van der Waals surface area contributed by atoms with Crippen LogP contribution >= 0.6 is 0 Å². The molecule has 2 aliphatic carbocycles. The molecule has 1 heterocycles. The zero-order chi connectivity index (χ0) is 14.7. The Balaban J connectivity index is 1.45. The molecule has 120 valence electrons. The molecule has 0 aromatic carbocycles. The molecule has 0 aromatic rings. The molecule has 4 heteroatoms. The lowest BCUT2D eigenvalue weighted by molar-refractivity contribution is -0.0820. The summed E-state index contributed by atoms with van der Waals surface area (Å²) >= 11 is 0. The van der Waals surface area contributed by atoms with E-state index in [0.717, 1.165) is 38.2 Å². The lowest BCUT2D eigenvalue weighted by atomic mass is 9.89. The molecule has 1 spiro atoms. The highest BCUT2D eigenvalue weighted by Crippen LogP contribution is 2.40. The SMILES string of the molecule is CC[C@@H](CC1CC1)NC(=O)N[C@H]1CCOC2(CCCC2)C1. The Morgan fingerprint density at radius 2 is 2.05 bits per heavy atom. The van der Waals surface area contributed by atoms with E-state index in [9.17, 15) is 4.79 Å². The Morgan fingerprint density at radius 3 is 2.71 bits per heavy atom. The van der Waals surface area contributed by atoms with Gasteiger partial charge in [-0.2, -0.15) is 0 Å². The zero-order valence-electron chi connectivity index (χ0n) is 13.3. The number of amides is 2. The normalized spacial score (nSPS) is 29.3. The highest BCUT2D eigenvalue weighted by atomic mass is 16.5. The van der Waals surface area contributed by atoms with Crippen LogP contribution in [0.4, 0.5) is 4.79 Å². The van der Waals surface area contributed by atoms with E-state index in [1.54, 1.807) is 0 Å². The van der Waals surface area contributed by atoms with E-state index in [1.165, 1.54) is 38.5 Å². The van der Waals surface area contributed by atoms with E-state index in [1.807, 2.05) is 0 Å². The summed E-state index contributed by atoms with van der Waals surface area (Å²) in [5, 5.41) is 6.37. The third-order valence-electron chi connectivity index (χ3n) is 5.49. The van der Waals surface area contributed by atoms with Gasteiger partial charge in [0.2, 0.25) is 0 Å². The molecular weight excluding hydrogens is 264 g/mol. The van der Waals surface area contributed by atoms with E-state index in [0.29, 0.717) is 6.04 Å². The second-order valence-corrected chi connectivity index (χ2v) is 7.33. The molecule has 21 heavy (non-hydrogen) atoms. The fourth-order valence-electron chi connectivity index (χ4n) is 4.01. The molecule has 3 aliphatic rings. The van der Waals surface area contributed by atoms with Gasteiger partial charge in [-0.1, -0.05) is 32.6 Å². The van der Waals surface area contributed by atoms with Crippen molar-refractivity contribution in [2.75, 3.05) is 6.61 Å². The summed E-state index contributed by atoms with van der Waals surface area (Å²) in [6.07, 6.45) is 11.7. The average molecular weight is 294 g/mol. The number of hydrogen-bond donors (Lipinski definition) is 2. The van der Waals surface area contributed by atoms with Crippen molar-refractivity contribution in [1.29, 1.82) is 0 Å². The predicted molar refractivity (Wildman–Crippen MR) is 83.3 cm³/mol. The Bertz CT molecular complexity index is 362. The molecule has 2 saturated carbocycles. The summed E-state index contributed by atoms with van der Waals surface area (Å²) in [4.78, 5) is 12.2. The summed E-state index contributed by atoms with van der Waals surface area (Å²) in [5.74, 6) is 0.861. The quantitative estimate of drug-likeness (QED) is 0.817. The molecule has 0 bridgehead atoms. The smallest absolute Gasteiger partial charge is 0.315 e. The topological polar surface area (TPSA) is 50.4 Å². The highest BCUT2D eigenvalue weighted by molar-refractivity contribution is 5.74. The van der Waals surface area contributed by atoms with E-state index < -0.39 is 0 Å². The van der Waals surface area contributed by atoms with Crippen molar-refractivity contribution in [2.45, 2.75) is 88.8 Å². The largest absolute Gasteiger partial charge is 0.375 e. The summed E-state index contributed by atoms with van der Waals surface area (Å²) in [5.41, 5.74) is 0.0777. The predicted octanol–water partition coefficient (Wildman–Crippen LogP) is 3.36. The van der Waals surface area contributed by atoms with Gasteiger partial charge in [-0.3, -0.25) is 0 Å². The molecule has 3 rings (SSSR count). The van der Waals surface area contributed by atoms with Gasteiger partial charge in [0.05, 0.1) is 5.60 Å². The number of nitrogens with one attached hydrogen (secondary N) is 2. The first-order valence-corrected chi connectivity index (χ1v) is 8.90. The number of rotatable bonds is 5. The maximum atomic E-state index is 12.2. The lowest BCUT2D eigenvalue weighted by Crippen LogP contribution is -2.51. The van der Waals surface area contributed by atoms with Crippen LogP contribution in [0.5, 0.6) is 0 Å². The van der Waals surface area contributed by atoms with Gasteiger partial charge in [0.25, 0.3) is 0 Å². The Hall–Kier alpha value is -0.770. The molecule has 3 fully saturated rings. The molecule has 2 N–H and O–H groups in total. The van der Waals surface area contributed by atoms with Gasteiger partial charge < -0.3 is 15.4 Å². The average Bonchev–Trinajstić information content (AvgIpc) is 3.18. The number of carbonyl (C=O) groups excluding carboxylic acids is 1. The Morgan fingerprint density at radius 1 is 1.29 bits per heavy atom. The van der Waals surface area contributed by atoms with E-state index in [-0.39, 0.29) is 17.7 Å². The van der Waals surface area contributed by atoms with E-state index >= 15 is 0 Å². The first-order chi connectivity index (χ1) is 10.2. The number of urea groups is 1. The zero-order valence-corrected chi connectivity index (χ0v) is 13.3. The summed E-state index contributed by atoms with van der Waals surface area (Å²) in [6.45, 7) is 2.96. The van der Waals surface area contributed by atoms with Crippen molar-refractivity contribution < 1.29 is 9.53 Å². The van der Waals surface area contributed by atoms with Crippen molar-refractivity contribution >= 4 is 6.03 Å². The minimum absolute atomic E-state index is 0.0301. The second-order valence-electron chi connectivity index (χ2n) is 7.33. The first-order valence-electron chi connectivity index (χ1n) is 8.90. The van der Waals surface area contributed by atoms with Gasteiger partial charge >= 0.3 is 6.03 Å². The molecule has 4 nitrogen and oxygen atoms in total. The van der Waals surface area contributed by atoms with Crippen LogP contribution in [-0.2, 0) is 4.74 Å². The molecular formula is C17H30N2O2. The van der Waals surface area contributed by atoms with Crippen molar-refractivity contribution in [1.82, 2.24) is 10.6 Å². The van der Waals surface area contributed by atoms with Gasteiger partial charge in [-0.25, -0.2) is 4.79 Å². The minimum Gasteiger partial charge on any atom is -0.375 e. The number of hydrogen-bond acceptors (Lipinski definition) is 2. The van der Waals surface area contributed by atoms with Crippen LogP contribution in [-0.4, -0.2) is 30.3 Å². The van der Waals surface area contributed by atoms with Crippen molar-refractivity contribution in [3.05, 3.63) is 0 Å². The molecule has 0 unspecified atom stereocenters. The van der Waals surface area contributed by atoms with Crippen LogP contribution in [0.15, 0.2) is 0 Å². The number of ether oxygens (including phenoxy) is 1. The Kier molecular flexibility index (Phi) is 4.72. The molecule has 2 amide bonds. The maximum Gasteiger partial charge on any atom is 0.315 e. The van der Waals surface area contributed by atoms with Gasteiger partial charge in [-0.05, 0) is 44.4 Å². The van der Waals surface area contributed by atoms with Crippen molar-refractivity contribution in [3.8, 4) is 0 Å². The van der Waals surface area contributed by atoms with Gasteiger partial charge in [0.15, 0.2) is 0 Å². The lowest BCUT2D eigenvalue weighted by Gasteiger charge is -2.38. The third-order valence-corrected chi connectivity index (χ3v) is 5.49. The van der Waals surface area contributed by atoms with Crippen LogP contribution in [0.25, 0.3) is 0 Å². The molecule has 0 aromatic heterocycles.